The Kier molecular flexibility index (Phi) is 5.90. The van der Waals surface area contributed by atoms with Gasteiger partial charge in [-0.2, -0.15) is 0 Å². The van der Waals surface area contributed by atoms with Gasteiger partial charge in [0.05, 0.1) is 6.54 Å². The van der Waals surface area contributed by atoms with Gasteiger partial charge in [0.2, 0.25) is 5.91 Å². The molecule has 0 bridgehead atoms. The monoisotopic (exact) mass is 292 g/mol. The first kappa shape index (κ1) is 17.2. The highest BCUT2D eigenvalue weighted by molar-refractivity contribution is 5.81. The molecule has 1 aromatic rings. The third-order valence-corrected chi connectivity index (χ3v) is 3.90. The maximum absolute atomic E-state index is 12.1. The van der Waals surface area contributed by atoms with Crippen LogP contribution in [-0.2, 0) is 16.1 Å². The van der Waals surface area contributed by atoms with Gasteiger partial charge in [0.1, 0.15) is 5.54 Å². The van der Waals surface area contributed by atoms with E-state index in [1.54, 1.807) is 25.8 Å². The van der Waals surface area contributed by atoms with Crippen LogP contribution in [0.3, 0.4) is 0 Å². The summed E-state index contributed by atoms with van der Waals surface area (Å²) in [5.74, 6) is -1.07. The fourth-order valence-corrected chi connectivity index (χ4v) is 1.89. The zero-order chi connectivity index (χ0) is 16.0. The summed E-state index contributed by atoms with van der Waals surface area (Å²) < 4.78 is 0. The molecular weight excluding hydrogens is 268 g/mol. The van der Waals surface area contributed by atoms with Crippen molar-refractivity contribution in [3.63, 3.8) is 0 Å². The lowest BCUT2D eigenvalue weighted by atomic mass is 9.99. The Hall–Kier alpha value is -1.88. The summed E-state index contributed by atoms with van der Waals surface area (Å²) in [4.78, 5) is 24.9. The molecule has 0 heterocycles. The first-order valence-corrected chi connectivity index (χ1v) is 7.07. The smallest absolute Gasteiger partial charge is 0.323 e. The Morgan fingerprint density at radius 2 is 1.95 bits per heavy atom. The highest BCUT2D eigenvalue weighted by atomic mass is 16.4. The second-order valence-electron chi connectivity index (χ2n) is 5.52. The molecular formula is C16H24N2O3. The van der Waals surface area contributed by atoms with Crippen LogP contribution in [0.4, 0.5) is 0 Å². The van der Waals surface area contributed by atoms with Gasteiger partial charge in [0.25, 0.3) is 0 Å². The van der Waals surface area contributed by atoms with E-state index >= 15 is 0 Å². The Bertz CT molecular complexity index is 516. The van der Waals surface area contributed by atoms with Crippen LogP contribution in [0.1, 0.15) is 31.4 Å². The Morgan fingerprint density at radius 3 is 2.48 bits per heavy atom. The maximum Gasteiger partial charge on any atom is 0.323 e. The Labute approximate surface area is 126 Å². The van der Waals surface area contributed by atoms with Gasteiger partial charge in [0, 0.05) is 13.6 Å². The molecule has 5 nitrogen and oxygen atoms in total. The minimum Gasteiger partial charge on any atom is -0.480 e. The summed E-state index contributed by atoms with van der Waals surface area (Å²) in [6.07, 6.45) is 0.414. The molecule has 0 spiro atoms. The summed E-state index contributed by atoms with van der Waals surface area (Å²) in [6.45, 7) is 5.90. The van der Waals surface area contributed by atoms with Crippen LogP contribution in [0, 0.1) is 6.92 Å². The first-order chi connectivity index (χ1) is 9.80. The number of rotatable bonds is 7. The second-order valence-corrected chi connectivity index (χ2v) is 5.52. The van der Waals surface area contributed by atoms with Gasteiger partial charge < -0.3 is 10.0 Å². The van der Waals surface area contributed by atoms with Crippen molar-refractivity contribution in [1.82, 2.24) is 10.2 Å². The third-order valence-electron chi connectivity index (χ3n) is 3.90. The minimum atomic E-state index is -1.07. The number of aliphatic carboxylic acids is 1. The molecule has 1 atom stereocenters. The summed E-state index contributed by atoms with van der Waals surface area (Å²) in [5, 5.41) is 12.0. The number of carbonyl (C=O) groups is 2. The summed E-state index contributed by atoms with van der Waals surface area (Å²) in [7, 11) is 1.72. The Morgan fingerprint density at radius 1 is 1.33 bits per heavy atom. The van der Waals surface area contributed by atoms with Crippen molar-refractivity contribution in [2.24, 2.45) is 0 Å². The average Bonchev–Trinajstić information content (AvgIpc) is 2.46. The van der Waals surface area contributed by atoms with Crippen molar-refractivity contribution in [1.29, 1.82) is 0 Å². The SMILES string of the molecule is CCC(C)(NCC(=O)N(C)Cc1ccccc1C)C(=O)O. The topological polar surface area (TPSA) is 69.6 Å². The standard InChI is InChI=1S/C16H24N2O3/c1-5-16(3,15(20)21)17-10-14(19)18(4)11-13-9-7-6-8-12(13)2/h6-9,17H,5,10-11H2,1-4H3,(H,20,21). The fraction of sp³-hybridized carbons (Fsp3) is 0.500. The molecule has 0 fully saturated rings. The van der Waals surface area contributed by atoms with Crippen molar-refractivity contribution in [2.75, 3.05) is 13.6 Å². The van der Waals surface area contributed by atoms with Crippen LogP contribution in [0.5, 0.6) is 0 Å². The zero-order valence-corrected chi connectivity index (χ0v) is 13.1. The molecule has 1 amide bonds. The number of hydrogen-bond donors (Lipinski definition) is 2. The molecule has 0 aliphatic heterocycles. The second kappa shape index (κ2) is 7.22. The van der Waals surface area contributed by atoms with Crippen molar-refractivity contribution < 1.29 is 14.7 Å². The van der Waals surface area contributed by atoms with Crippen LogP contribution >= 0.6 is 0 Å². The van der Waals surface area contributed by atoms with Crippen LogP contribution in [0.15, 0.2) is 24.3 Å². The van der Waals surface area contributed by atoms with Crippen molar-refractivity contribution in [3.05, 3.63) is 35.4 Å². The van der Waals surface area contributed by atoms with Crippen LogP contribution in [0.2, 0.25) is 0 Å². The number of nitrogens with one attached hydrogen (secondary N) is 1. The number of carboxylic acid groups (broad SMARTS) is 1. The van der Waals surface area contributed by atoms with Gasteiger partial charge in [-0.15, -0.1) is 0 Å². The van der Waals surface area contributed by atoms with E-state index < -0.39 is 11.5 Å². The van der Waals surface area contributed by atoms with Crippen molar-refractivity contribution in [3.8, 4) is 0 Å². The largest absolute Gasteiger partial charge is 0.480 e. The fourth-order valence-electron chi connectivity index (χ4n) is 1.89. The van der Waals surface area contributed by atoms with E-state index in [-0.39, 0.29) is 12.5 Å². The lowest BCUT2D eigenvalue weighted by molar-refractivity contribution is -0.144. The number of aryl methyl sites for hydroxylation is 1. The lowest BCUT2D eigenvalue weighted by Crippen LogP contribution is -2.52. The molecule has 116 valence electrons. The molecule has 5 heteroatoms. The number of amides is 1. The lowest BCUT2D eigenvalue weighted by Gasteiger charge is -2.26. The van der Waals surface area contributed by atoms with Gasteiger partial charge in [-0.1, -0.05) is 31.2 Å². The number of carboxylic acids is 1. The van der Waals surface area contributed by atoms with E-state index in [1.807, 2.05) is 31.2 Å². The van der Waals surface area contributed by atoms with E-state index in [2.05, 4.69) is 5.32 Å². The average molecular weight is 292 g/mol. The molecule has 0 saturated carbocycles. The van der Waals surface area contributed by atoms with Gasteiger partial charge in [0.15, 0.2) is 0 Å². The number of carbonyl (C=O) groups excluding carboxylic acids is 1. The number of likely N-dealkylation sites (N-methyl/N-ethyl adjacent to an activating group) is 1. The molecule has 0 aliphatic rings. The van der Waals surface area contributed by atoms with Gasteiger partial charge in [-0.25, -0.2) is 0 Å². The van der Waals surface area contributed by atoms with E-state index in [0.717, 1.165) is 11.1 Å². The molecule has 2 N–H and O–H groups in total. The third kappa shape index (κ3) is 4.56. The number of benzene rings is 1. The Balaban J connectivity index is 2.60. The summed E-state index contributed by atoms with van der Waals surface area (Å²) in [6, 6.07) is 7.89. The van der Waals surface area contributed by atoms with Gasteiger partial charge >= 0.3 is 5.97 Å². The van der Waals surface area contributed by atoms with Gasteiger partial charge in [-0.05, 0) is 31.4 Å². The summed E-state index contributed by atoms with van der Waals surface area (Å²) >= 11 is 0. The van der Waals surface area contributed by atoms with E-state index in [0.29, 0.717) is 13.0 Å². The first-order valence-electron chi connectivity index (χ1n) is 7.07. The minimum absolute atomic E-state index is 0.0129. The van der Waals surface area contributed by atoms with Gasteiger partial charge in [-0.3, -0.25) is 14.9 Å². The number of nitrogens with zero attached hydrogens (tertiary/aromatic N) is 1. The zero-order valence-electron chi connectivity index (χ0n) is 13.1. The van der Waals surface area contributed by atoms with E-state index in [1.165, 1.54) is 0 Å². The molecule has 0 radical (unpaired) electrons. The van der Waals surface area contributed by atoms with Crippen LogP contribution < -0.4 is 5.32 Å². The van der Waals surface area contributed by atoms with E-state index in [9.17, 15) is 9.59 Å². The molecule has 1 aromatic carbocycles. The molecule has 0 saturated heterocycles. The van der Waals surface area contributed by atoms with Crippen LogP contribution in [-0.4, -0.2) is 41.0 Å². The maximum atomic E-state index is 12.1. The molecule has 21 heavy (non-hydrogen) atoms. The van der Waals surface area contributed by atoms with Crippen molar-refractivity contribution >= 4 is 11.9 Å². The molecule has 1 rings (SSSR count). The highest BCUT2D eigenvalue weighted by Crippen LogP contribution is 2.11. The quantitative estimate of drug-likeness (QED) is 0.804. The van der Waals surface area contributed by atoms with E-state index in [4.69, 9.17) is 5.11 Å². The molecule has 0 aromatic heterocycles. The van der Waals surface area contributed by atoms with Crippen molar-refractivity contribution in [2.45, 2.75) is 39.3 Å². The number of hydrogen-bond acceptors (Lipinski definition) is 3. The predicted octanol–water partition coefficient (Wildman–Crippen LogP) is 1.80. The molecule has 1 unspecified atom stereocenters. The normalized spacial score (nSPS) is 13.5. The predicted molar refractivity (Wildman–Crippen MR) is 82.0 cm³/mol. The summed E-state index contributed by atoms with van der Waals surface area (Å²) in [5.41, 5.74) is 1.15. The van der Waals surface area contributed by atoms with Crippen LogP contribution in [0.25, 0.3) is 0 Å². The molecule has 0 aliphatic carbocycles. The highest BCUT2D eigenvalue weighted by Gasteiger charge is 2.31.